The number of aliphatic hydroxyl groups is 1. The molecule has 1 unspecified atom stereocenters. The summed E-state index contributed by atoms with van der Waals surface area (Å²) in [5, 5.41) is 13.1. The molecular weight excluding hydrogens is 270 g/mol. The largest absolute Gasteiger partial charge is 0.372 e. The predicted molar refractivity (Wildman–Crippen MR) is 77.9 cm³/mol. The Kier molecular flexibility index (Phi) is 3.25. The molecule has 1 amide bonds. The average Bonchev–Trinajstić information content (AvgIpc) is 2.40. The van der Waals surface area contributed by atoms with E-state index in [0.717, 1.165) is 5.56 Å². The van der Waals surface area contributed by atoms with Gasteiger partial charge in [-0.2, -0.15) is 0 Å². The number of piperidine rings is 1. The number of aromatic nitrogens is 2. The Morgan fingerprint density at radius 1 is 1.33 bits per heavy atom. The molecule has 21 heavy (non-hydrogen) atoms. The number of fused-ring (bicyclic) bond motifs is 1. The number of hydrogen-bond donors (Lipinski definition) is 2. The van der Waals surface area contributed by atoms with Gasteiger partial charge in [0.05, 0.1) is 16.9 Å². The Bertz CT molecular complexity index is 782. The van der Waals surface area contributed by atoms with Crippen LogP contribution in [0.2, 0.25) is 0 Å². The minimum atomic E-state index is -1.06. The molecule has 2 heterocycles. The zero-order valence-corrected chi connectivity index (χ0v) is 12.0. The number of nitrogens with one attached hydrogen (secondary N) is 1. The number of aliphatic hydroxyl groups excluding tert-OH is 1. The van der Waals surface area contributed by atoms with Gasteiger partial charge in [0, 0.05) is 6.42 Å². The zero-order valence-electron chi connectivity index (χ0n) is 12.0. The molecule has 0 saturated carbocycles. The van der Waals surface area contributed by atoms with Gasteiger partial charge in [-0.3, -0.25) is 14.2 Å². The standard InChI is InChI=1S/C15H17N3O3/c1-8-4-3-5-10-13(8)15(21)18(9(2)16-10)11-6-7-12(19)17-14(11)20/h3-5,11,14,20H,6-7H2,1-2H3,(H,17,19)/t11-,14?/m0/s1. The molecule has 1 aromatic heterocycles. The van der Waals surface area contributed by atoms with Gasteiger partial charge >= 0.3 is 0 Å². The number of carbonyl (C=O) groups excluding carboxylic acids is 1. The maximum atomic E-state index is 12.8. The van der Waals surface area contributed by atoms with Crippen LogP contribution < -0.4 is 10.9 Å². The van der Waals surface area contributed by atoms with E-state index < -0.39 is 12.3 Å². The van der Waals surface area contributed by atoms with Gasteiger partial charge in [0.15, 0.2) is 0 Å². The summed E-state index contributed by atoms with van der Waals surface area (Å²) in [5.41, 5.74) is 1.34. The lowest BCUT2D eigenvalue weighted by molar-refractivity contribution is -0.128. The topological polar surface area (TPSA) is 84.2 Å². The molecule has 1 saturated heterocycles. The molecule has 2 atom stereocenters. The smallest absolute Gasteiger partial charge is 0.262 e. The fourth-order valence-corrected chi connectivity index (χ4v) is 2.95. The first kappa shape index (κ1) is 13.8. The van der Waals surface area contributed by atoms with Gasteiger partial charge in [-0.05, 0) is 31.9 Å². The Morgan fingerprint density at radius 2 is 2.10 bits per heavy atom. The highest BCUT2D eigenvalue weighted by molar-refractivity contribution is 5.81. The second-order valence-corrected chi connectivity index (χ2v) is 5.42. The molecule has 2 aromatic rings. The molecule has 110 valence electrons. The third kappa shape index (κ3) is 2.21. The Balaban J connectivity index is 2.21. The zero-order chi connectivity index (χ0) is 15.1. The molecule has 1 aliphatic rings. The van der Waals surface area contributed by atoms with Crippen LogP contribution in [0.1, 0.15) is 30.3 Å². The van der Waals surface area contributed by atoms with Gasteiger partial charge in [0.25, 0.3) is 5.56 Å². The summed E-state index contributed by atoms with van der Waals surface area (Å²) in [5.74, 6) is 0.340. The summed E-state index contributed by atoms with van der Waals surface area (Å²) in [6, 6.07) is 5.06. The third-order valence-corrected chi connectivity index (χ3v) is 3.99. The van der Waals surface area contributed by atoms with Crippen molar-refractivity contribution in [1.29, 1.82) is 0 Å². The van der Waals surface area contributed by atoms with Gasteiger partial charge < -0.3 is 10.4 Å². The van der Waals surface area contributed by atoms with Crippen LogP contribution in [-0.4, -0.2) is 26.8 Å². The van der Waals surface area contributed by atoms with E-state index in [0.29, 0.717) is 29.6 Å². The molecular formula is C15H17N3O3. The second-order valence-electron chi connectivity index (χ2n) is 5.42. The molecule has 1 fully saturated rings. The third-order valence-electron chi connectivity index (χ3n) is 3.99. The number of benzene rings is 1. The molecule has 0 radical (unpaired) electrons. The average molecular weight is 287 g/mol. The van der Waals surface area contributed by atoms with Crippen molar-refractivity contribution >= 4 is 16.8 Å². The maximum absolute atomic E-state index is 12.8. The Morgan fingerprint density at radius 3 is 2.81 bits per heavy atom. The van der Waals surface area contributed by atoms with Gasteiger partial charge in [-0.15, -0.1) is 0 Å². The first-order chi connectivity index (χ1) is 9.99. The first-order valence-corrected chi connectivity index (χ1v) is 6.95. The van der Waals surface area contributed by atoms with Gasteiger partial charge in [0.2, 0.25) is 5.91 Å². The van der Waals surface area contributed by atoms with E-state index in [-0.39, 0.29) is 11.5 Å². The van der Waals surface area contributed by atoms with E-state index in [1.54, 1.807) is 13.0 Å². The highest BCUT2D eigenvalue weighted by Crippen LogP contribution is 2.23. The number of aryl methyl sites for hydroxylation is 2. The Hall–Kier alpha value is -2.21. The molecule has 6 nitrogen and oxygen atoms in total. The molecule has 3 rings (SSSR count). The number of carbonyl (C=O) groups is 1. The van der Waals surface area contributed by atoms with E-state index >= 15 is 0 Å². The van der Waals surface area contributed by atoms with E-state index in [9.17, 15) is 14.7 Å². The summed E-state index contributed by atoms with van der Waals surface area (Å²) in [7, 11) is 0. The lowest BCUT2D eigenvalue weighted by atomic mass is 10.0. The van der Waals surface area contributed by atoms with Crippen molar-refractivity contribution < 1.29 is 9.90 Å². The minimum absolute atomic E-state index is 0.171. The van der Waals surface area contributed by atoms with Crippen molar-refractivity contribution in [2.75, 3.05) is 0 Å². The summed E-state index contributed by atoms with van der Waals surface area (Å²) < 4.78 is 1.50. The van der Waals surface area contributed by atoms with Crippen LogP contribution in [0.15, 0.2) is 23.0 Å². The second kappa shape index (κ2) is 4.96. The lowest BCUT2D eigenvalue weighted by Gasteiger charge is -2.30. The van der Waals surface area contributed by atoms with Crippen LogP contribution in [0.4, 0.5) is 0 Å². The Labute approximate surface area is 121 Å². The number of rotatable bonds is 1. The van der Waals surface area contributed by atoms with E-state index in [1.807, 2.05) is 19.1 Å². The van der Waals surface area contributed by atoms with Crippen molar-refractivity contribution in [2.24, 2.45) is 0 Å². The first-order valence-electron chi connectivity index (χ1n) is 6.95. The SMILES string of the molecule is Cc1cccc2nc(C)n([C@H]3CCC(=O)NC3O)c(=O)c12. The quantitative estimate of drug-likeness (QED) is 0.812. The summed E-state index contributed by atoms with van der Waals surface area (Å²) in [6.45, 7) is 3.61. The van der Waals surface area contributed by atoms with Crippen LogP contribution in [0.25, 0.3) is 10.9 Å². The number of hydrogen-bond acceptors (Lipinski definition) is 4. The maximum Gasteiger partial charge on any atom is 0.262 e. The number of amides is 1. The van der Waals surface area contributed by atoms with Crippen LogP contribution in [0.3, 0.4) is 0 Å². The molecule has 0 aliphatic carbocycles. The predicted octanol–water partition coefficient (Wildman–Crippen LogP) is 0.783. The van der Waals surface area contributed by atoms with Gasteiger partial charge in [-0.25, -0.2) is 4.98 Å². The van der Waals surface area contributed by atoms with Gasteiger partial charge in [0.1, 0.15) is 12.1 Å². The highest BCUT2D eigenvalue weighted by atomic mass is 16.3. The van der Waals surface area contributed by atoms with Crippen molar-refractivity contribution in [1.82, 2.24) is 14.9 Å². The monoisotopic (exact) mass is 287 g/mol. The number of nitrogens with zero attached hydrogens (tertiary/aromatic N) is 2. The highest BCUT2D eigenvalue weighted by Gasteiger charge is 2.30. The van der Waals surface area contributed by atoms with E-state index in [4.69, 9.17) is 0 Å². The van der Waals surface area contributed by atoms with Crippen LogP contribution in [0.5, 0.6) is 0 Å². The molecule has 2 N–H and O–H groups in total. The normalized spacial score (nSPS) is 22.3. The fraction of sp³-hybridized carbons (Fsp3) is 0.400. The summed E-state index contributed by atoms with van der Waals surface area (Å²) in [4.78, 5) is 28.6. The van der Waals surface area contributed by atoms with E-state index in [2.05, 4.69) is 10.3 Å². The lowest BCUT2D eigenvalue weighted by Crippen LogP contribution is -2.48. The molecule has 1 aliphatic heterocycles. The van der Waals surface area contributed by atoms with Crippen LogP contribution in [-0.2, 0) is 4.79 Å². The van der Waals surface area contributed by atoms with Crippen molar-refractivity contribution in [2.45, 2.75) is 39.0 Å². The summed E-state index contributed by atoms with van der Waals surface area (Å²) in [6.07, 6.45) is -0.349. The minimum Gasteiger partial charge on any atom is -0.372 e. The summed E-state index contributed by atoms with van der Waals surface area (Å²) >= 11 is 0. The molecule has 1 aromatic carbocycles. The van der Waals surface area contributed by atoms with Crippen molar-refractivity contribution in [3.8, 4) is 0 Å². The molecule has 0 spiro atoms. The van der Waals surface area contributed by atoms with E-state index in [1.165, 1.54) is 4.57 Å². The van der Waals surface area contributed by atoms with Crippen molar-refractivity contribution in [3.05, 3.63) is 39.9 Å². The molecule has 0 bridgehead atoms. The molecule has 6 heteroatoms. The van der Waals surface area contributed by atoms with Crippen LogP contribution >= 0.6 is 0 Å². The van der Waals surface area contributed by atoms with Crippen LogP contribution in [0, 0.1) is 13.8 Å². The fourth-order valence-electron chi connectivity index (χ4n) is 2.95. The van der Waals surface area contributed by atoms with Gasteiger partial charge in [-0.1, -0.05) is 12.1 Å². The van der Waals surface area contributed by atoms with Crippen molar-refractivity contribution in [3.63, 3.8) is 0 Å².